The molecule has 0 radical (unpaired) electrons. The molecule has 3 atom stereocenters. The molecule has 3 aromatic carbocycles. The van der Waals surface area contributed by atoms with Gasteiger partial charge in [-0.15, -0.1) is 0 Å². The minimum atomic E-state index is -1.01. The number of nitrogens with one attached hydrogen (secondary N) is 8. The molecule has 1 heterocycles. The molecule has 3 aromatic rings. The fourth-order valence-electron chi connectivity index (χ4n) is 8.81. The van der Waals surface area contributed by atoms with Gasteiger partial charge in [0.05, 0.1) is 38.1 Å². The molecule has 0 aliphatic carbocycles. The van der Waals surface area contributed by atoms with Gasteiger partial charge < -0.3 is 74.4 Å². The van der Waals surface area contributed by atoms with E-state index >= 15 is 0 Å². The van der Waals surface area contributed by atoms with Crippen molar-refractivity contribution >= 4 is 91.0 Å². The van der Waals surface area contributed by atoms with Crippen molar-refractivity contribution in [2.75, 3.05) is 123 Å². The van der Waals surface area contributed by atoms with Crippen LogP contribution in [0.15, 0.2) is 83.9 Å². The van der Waals surface area contributed by atoms with Gasteiger partial charge in [-0.1, -0.05) is 61.5 Å². The fraction of sp³-hybridized carbons (Fsp3) is 0.500. The molecular formula is C56H83InN15O13+3. The molecule has 1 unspecified atom stereocenters. The maximum absolute atomic E-state index is 14.4. The van der Waals surface area contributed by atoms with Crippen LogP contribution in [0.1, 0.15) is 61.6 Å². The van der Waals surface area contributed by atoms with Crippen LogP contribution in [0, 0.1) is 0 Å². The van der Waals surface area contributed by atoms with Crippen molar-refractivity contribution in [3.05, 3.63) is 95.6 Å². The van der Waals surface area contributed by atoms with Crippen LogP contribution in [-0.2, 0) is 44.9 Å². The minimum absolute atomic E-state index is 0. The van der Waals surface area contributed by atoms with Crippen molar-refractivity contribution in [2.45, 2.75) is 63.6 Å². The first-order chi connectivity index (χ1) is 41.9. The second-order valence-corrected chi connectivity index (χ2v) is 19.9. The molecule has 0 bridgehead atoms. The zero-order chi connectivity index (χ0) is 63.3. The number of hydrogen-bond donors (Lipinski definition) is 14. The van der Waals surface area contributed by atoms with Crippen molar-refractivity contribution in [3.8, 4) is 5.75 Å². The van der Waals surface area contributed by atoms with Gasteiger partial charge in [0.25, 0.3) is 4.29 Å². The Labute approximate surface area is 517 Å². The summed E-state index contributed by atoms with van der Waals surface area (Å²) < 4.78 is 21.0. The maximum atomic E-state index is 14.4. The number of hydrogen-bond acceptors (Lipinski definition) is 19. The fourth-order valence-corrected chi connectivity index (χ4v) is 8.81. The van der Waals surface area contributed by atoms with Gasteiger partial charge in [-0.05, 0) is 66.6 Å². The van der Waals surface area contributed by atoms with Crippen molar-refractivity contribution in [1.82, 2.24) is 56.8 Å². The third-order valence-electron chi connectivity index (χ3n) is 13.4. The summed E-state index contributed by atoms with van der Waals surface area (Å²) >= 11 is 0. The topological polar surface area (TPSA) is 408 Å². The van der Waals surface area contributed by atoms with Gasteiger partial charge in [-0.3, -0.25) is 58.0 Å². The SMILES string of the molecule is [2H]OC(=O)CN1CCN(CC(=O)NCCC[C@@H](N)C(=O)NCCNc2ccc(C(C(=O)N[C@H](CCCN/C(N)=N\C(=O)NCCNC(=O)CC)C(=O)NCc3ccc(O)cc3)c3ccccc3)cc2)CCN(CC(=O)O[2H])CCN(CC(=O)O[2H])CC1.[In+3]. The quantitative estimate of drug-likeness (QED) is 0.0184. The average Bonchev–Trinajstić information content (AvgIpc) is 3.16. The Bertz CT molecular complexity index is 2660. The Hall–Kier alpha value is -7.57. The molecule has 0 saturated carbocycles. The van der Waals surface area contributed by atoms with E-state index in [0.717, 1.165) is 5.56 Å². The third-order valence-corrected chi connectivity index (χ3v) is 13.4. The van der Waals surface area contributed by atoms with Crippen LogP contribution >= 0.6 is 0 Å². The van der Waals surface area contributed by atoms with Gasteiger partial charge in [0.2, 0.25) is 29.5 Å². The van der Waals surface area contributed by atoms with Crippen LogP contribution in [0.4, 0.5) is 10.5 Å². The van der Waals surface area contributed by atoms with Crippen LogP contribution in [-0.4, -0.2) is 255 Å². The van der Waals surface area contributed by atoms with E-state index in [1.807, 2.05) is 35.2 Å². The zero-order valence-electron chi connectivity index (χ0n) is 51.0. The Balaban J connectivity index is 0.0000202. The number of nitrogens with zero attached hydrogens (tertiary/aromatic N) is 5. The summed E-state index contributed by atoms with van der Waals surface area (Å²) in [6.07, 6.45) is 1.45. The number of phenolic OH excluding ortho intramolecular Hbond substituents is 1. The summed E-state index contributed by atoms with van der Waals surface area (Å²) in [4.78, 5) is 125. The van der Waals surface area contributed by atoms with Crippen molar-refractivity contribution in [1.29, 1.82) is 4.29 Å². The summed E-state index contributed by atoms with van der Waals surface area (Å²) in [6, 6.07) is 20.0. The van der Waals surface area contributed by atoms with E-state index in [0.29, 0.717) is 42.6 Å². The number of carboxylic acids is 3. The Kier molecular flexibility index (Phi) is 31.2. The molecule has 0 spiro atoms. The molecule has 1 fully saturated rings. The number of nitrogens with two attached hydrogens (primary N) is 2. The van der Waals surface area contributed by atoms with Crippen LogP contribution < -0.4 is 54.0 Å². The largest absolute Gasteiger partial charge is 3.00 e. The molecule has 29 heteroatoms. The second kappa shape index (κ2) is 39.9. The standard InChI is InChI=1S/C56H83N15O13.In/c1-2-46(73)61-23-25-64-56(84)67-55(58)63-21-7-11-45(53(82)65-34-39-12-18-43(72)19-13-39)66-54(83)51(40-8-4-3-5-9-40)41-14-16-42(17-15-41)59-22-24-62-52(81)44(57)10-6-20-60-47(74)35-68-26-28-69(36-48(75)76)30-32-71(38-50(79)80)33-31-70(29-27-68)37-49(77)78;/h3-5,8-9,12-19,44-45,51,59,72H,2,6-7,10-11,20-38,57H2,1H3,(H,60,74)(H,61,73)(H,62,81)(H,65,82)(H,66,83)(H,75,76)(H,77,78)(H,79,80)(H4,58,63,64,67,84);/q;+3/t44-,45-,51?;/m1./s1/i/hD3. The van der Waals surface area contributed by atoms with Gasteiger partial charge in [0.1, 0.15) is 11.8 Å². The van der Waals surface area contributed by atoms with E-state index in [1.165, 1.54) is 12.1 Å². The van der Waals surface area contributed by atoms with Gasteiger partial charge >= 0.3 is 49.8 Å². The first-order valence-electron chi connectivity index (χ1n) is 29.2. The smallest absolute Gasteiger partial charge is 0.508 e. The number of aliphatic carboxylic acids is 3. The first-order valence-corrected chi connectivity index (χ1v) is 27.9. The number of carboxylic acid groups (broad SMARTS) is 3. The van der Waals surface area contributed by atoms with Gasteiger partial charge in [0, 0.05) is 110 Å². The number of amides is 7. The van der Waals surface area contributed by atoms with Crippen molar-refractivity contribution in [2.24, 2.45) is 16.5 Å². The van der Waals surface area contributed by atoms with Gasteiger partial charge in [-0.25, -0.2) is 4.79 Å². The molecule has 28 nitrogen and oxygen atoms in total. The predicted molar refractivity (Wildman–Crippen MR) is 318 cm³/mol. The second-order valence-electron chi connectivity index (χ2n) is 19.9. The molecule has 460 valence electrons. The average molecular weight is 1290 g/mol. The molecule has 16 N–H and O–H groups in total. The number of phenols is 1. The molecule has 1 saturated heterocycles. The normalized spacial score (nSPS) is 15.3. The number of carbonyl (C=O) groups is 9. The van der Waals surface area contributed by atoms with Crippen molar-refractivity contribution in [3.63, 3.8) is 0 Å². The van der Waals surface area contributed by atoms with E-state index in [9.17, 15) is 48.3 Å². The van der Waals surface area contributed by atoms with Crippen LogP contribution in [0.5, 0.6) is 5.75 Å². The molecule has 4 rings (SSSR count). The number of urea groups is 1. The third kappa shape index (κ3) is 29.7. The van der Waals surface area contributed by atoms with Crippen LogP contribution in [0.25, 0.3) is 4.29 Å². The Morgan fingerprint density at radius 1 is 0.565 bits per heavy atom. The summed E-state index contributed by atoms with van der Waals surface area (Å²) in [7, 11) is 0. The molecule has 7 amide bonds. The minimum Gasteiger partial charge on any atom is -0.508 e. The maximum Gasteiger partial charge on any atom is 3.00 e. The number of carbonyl (C=O) groups excluding carboxylic acids is 6. The Morgan fingerprint density at radius 2 is 1.07 bits per heavy atom. The van der Waals surface area contributed by atoms with Crippen molar-refractivity contribution < 1.29 is 63.6 Å². The molecule has 85 heavy (non-hydrogen) atoms. The first kappa shape index (κ1) is 66.6. The summed E-state index contributed by atoms with van der Waals surface area (Å²) in [5.74, 6) is -5.10. The number of guanidine groups is 1. The molecular weight excluding hydrogens is 1210 g/mol. The van der Waals surface area contributed by atoms with Crippen LogP contribution in [0.3, 0.4) is 0 Å². The Morgan fingerprint density at radius 3 is 1.64 bits per heavy atom. The van der Waals surface area contributed by atoms with E-state index in [2.05, 4.69) is 62.9 Å². The number of aromatic hydroxyl groups is 1. The van der Waals surface area contributed by atoms with E-state index in [1.54, 1.807) is 58.0 Å². The number of aliphatic imine (C=N–C) groups is 1. The number of benzene rings is 3. The number of rotatable bonds is 32. The number of anilines is 1. The zero-order valence-corrected chi connectivity index (χ0v) is 51.3. The van der Waals surface area contributed by atoms with E-state index in [4.69, 9.17) is 15.8 Å². The summed E-state index contributed by atoms with van der Waals surface area (Å²) in [5, 5.41) is 44.9. The van der Waals surface area contributed by atoms with E-state index < -0.39 is 53.8 Å². The van der Waals surface area contributed by atoms with Crippen LogP contribution in [0.2, 0.25) is 0 Å². The molecule has 0 aromatic heterocycles. The molecule has 1 aliphatic rings. The predicted octanol–water partition coefficient (Wildman–Crippen LogP) is -1.91. The monoisotopic (exact) mass is 1290 g/mol. The summed E-state index contributed by atoms with van der Waals surface area (Å²) in [6.45, 7) is 4.53. The summed E-state index contributed by atoms with van der Waals surface area (Å²) in [5.41, 5.74) is 14.9. The van der Waals surface area contributed by atoms with Gasteiger partial charge in [-0.2, -0.15) is 4.99 Å². The van der Waals surface area contributed by atoms with E-state index in [-0.39, 0.29) is 186 Å². The van der Waals surface area contributed by atoms with Gasteiger partial charge in [0.15, 0.2) is 5.96 Å². The molecule has 1 aliphatic heterocycles.